The number of benzene rings is 1. The second-order valence-corrected chi connectivity index (χ2v) is 7.44. The van der Waals surface area contributed by atoms with E-state index in [1.807, 2.05) is 18.2 Å². The van der Waals surface area contributed by atoms with Crippen molar-refractivity contribution in [3.8, 4) is 5.75 Å². The van der Waals surface area contributed by atoms with E-state index in [1.54, 1.807) is 7.11 Å². The maximum atomic E-state index is 11.6. The normalized spacial score (nSPS) is 19.5. The molecular formula is C14H22N2O3S. The van der Waals surface area contributed by atoms with Crippen LogP contribution in [0.2, 0.25) is 0 Å². The minimum absolute atomic E-state index is 0.255. The van der Waals surface area contributed by atoms with Crippen LogP contribution in [0.3, 0.4) is 0 Å². The van der Waals surface area contributed by atoms with Crippen LogP contribution in [0.5, 0.6) is 5.75 Å². The van der Waals surface area contributed by atoms with E-state index in [2.05, 4.69) is 4.90 Å². The van der Waals surface area contributed by atoms with Gasteiger partial charge in [0.05, 0.1) is 18.6 Å². The molecule has 0 aromatic heterocycles. The van der Waals surface area contributed by atoms with E-state index < -0.39 is 9.84 Å². The van der Waals surface area contributed by atoms with Crippen molar-refractivity contribution < 1.29 is 13.2 Å². The van der Waals surface area contributed by atoms with Crippen molar-refractivity contribution in [1.82, 2.24) is 4.90 Å². The molecule has 2 N–H and O–H groups in total. The lowest BCUT2D eigenvalue weighted by Gasteiger charge is -2.20. The van der Waals surface area contributed by atoms with E-state index >= 15 is 0 Å². The Morgan fingerprint density at radius 1 is 1.30 bits per heavy atom. The number of hydrogen-bond donors (Lipinski definition) is 1. The van der Waals surface area contributed by atoms with Crippen LogP contribution >= 0.6 is 0 Å². The molecule has 1 saturated heterocycles. The van der Waals surface area contributed by atoms with Crippen LogP contribution in [-0.4, -0.2) is 45.0 Å². The molecule has 0 spiro atoms. The highest BCUT2D eigenvalue weighted by atomic mass is 32.2. The van der Waals surface area contributed by atoms with Gasteiger partial charge < -0.3 is 10.5 Å². The molecule has 0 radical (unpaired) electrons. The Labute approximate surface area is 120 Å². The molecule has 0 amide bonds. The molecule has 2 rings (SSSR count). The molecule has 0 saturated carbocycles. The fraction of sp³-hybridized carbons (Fsp3) is 0.571. The van der Waals surface area contributed by atoms with Crippen molar-refractivity contribution >= 4 is 9.84 Å². The van der Waals surface area contributed by atoms with Crippen molar-refractivity contribution in [3.05, 3.63) is 29.3 Å². The number of methoxy groups -OCH3 is 1. The topological polar surface area (TPSA) is 72.6 Å². The van der Waals surface area contributed by atoms with Crippen molar-refractivity contribution in [2.75, 3.05) is 31.7 Å². The Kier molecular flexibility index (Phi) is 5.01. The molecule has 1 fully saturated rings. The molecule has 1 aromatic rings. The van der Waals surface area contributed by atoms with Gasteiger partial charge in [-0.05, 0) is 24.6 Å². The van der Waals surface area contributed by atoms with Gasteiger partial charge in [-0.25, -0.2) is 8.42 Å². The SMILES string of the molecule is COc1cc(CN2CCCS(=O)(=O)CC2)ccc1CN. The molecule has 6 heteroatoms. The number of ether oxygens (including phenoxy) is 1. The van der Waals surface area contributed by atoms with Crippen molar-refractivity contribution in [1.29, 1.82) is 0 Å². The van der Waals surface area contributed by atoms with Gasteiger partial charge in [0.15, 0.2) is 9.84 Å². The van der Waals surface area contributed by atoms with Crippen molar-refractivity contribution in [2.45, 2.75) is 19.5 Å². The summed E-state index contributed by atoms with van der Waals surface area (Å²) in [5, 5.41) is 0. The molecule has 20 heavy (non-hydrogen) atoms. The lowest BCUT2D eigenvalue weighted by atomic mass is 10.1. The number of rotatable bonds is 4. The van der Waals surface area contributed by atoms with Gasteiger partial charge >= 0.3 is 0 Å². The summed E-state index contributed by atoms with van der Waals surface area (Å²) in [4.78, 5) is 2.18. The summed E-state index contributed by atoms with van der Waals surface area (Å²) in [6, 6.07) is 5.99. The molecule has 0 unspecified atom stereocenters. The summed E-state index contributed by atoms with van der Waals surface area (Å²) in [5.41, 5.74) is 7.76. The highest BCUT2D eigenvalue weighted by molar-refractivity contribution is 7.91. The second kappa shape index (κ2) is 6.56. The first-order chi connectivity index (χ1) is 9.54. The van der Waals surface area contributed by atoms with Crippen LogP contribution in [-0.2, 0) is 22.9 Å². The smallest absolute Gasteiger partial charge is 0.151 e. The highest BCUT2D eigenvalue weighted by Gasteiger charge is 2.19. The largest absolute Gasteiger partial charge is 0.496 e. The third-order valence-electron chi connectivity index (χ3n) is 3.63. The predicted octanol–water partition coefficient (Wildman–Crippen LogP) is 0.774. The van der Waals surface area contributed by atoms with E-state index in [1.165, 1.54) is 0 Å². The third-order valence-corrected chi connectivity index (χ3v) is 5.34. The van der Waals surface area contributed by atoms with E-state index in [0.29, 0.717) is 25.3 Å². The average Bonchev–Trinajstić information content (AvgIpc) is 2.60. The minimum Gasteiger partial charge on any atom is -0.496 e. The van der Waals surface area contributed by atoms with Crippen LogP contribution in [0.1, 0.15) is 17.5 Å². The van der Waals surface area contributed by atoms with Gasteiger partial charge in [0.25, 0.3) is 0 Å². The van der Waals surface area contributed by atoms with Crippen LogP contribution < -0.4 is 10.5 Å². The molecular weight excluding hydrogens is 276 g/mol. The summed E-state index contributed by atoms with van der Waals surface area (Å²) in [5.74, 6) is 1.36. The molecule has 112 valence electrons. The van der Waals surface area contributed by atoms with Gasteiger partial charge in [0.2, 0.25) is 0 Å². The molecule has 5 nitrogen and oxygen atoms in total. The lowest BCUT2D eigenvalue weighted by molar-refractivity contribution is 0.286. The van der Waals surface area contributed by atoms with E-state index in [4.69, 9.17) is 10.5 Å². The van der Waals surface area contributed by atoms with E-state index in [-0.39, 0.29) is 5.75 Å². The summed E-state index contributed by atoms with van der Waals surface area (Å²) in [7, 11) is -1.22. The quantitative estimate of drug-likeness (QED) is 0.889. The Morgan fingerprint density at radius 3 is 2.80 bits per heavy atom. The fourth-order valence-electron chi connectivity index (χ4n) is 2.46. The summed E-state index contributed by atoms with van der Waals surface area (Å²) >= 11 is 0. The van der Waals surface area contributed by atoms with E-state index in [0.717, 1.165) is 30.0 Å². The average molecular weight is 298 g/mol. The molecule has 1 heterocycles. The maximum absolute atomic E-state index is 11.6. The lowest BCUT2D eigenvalue weighted by Crippen LogP contribution is -2.26. The van der Waals surface area contributed by atoms with E-state index in [9.17, 15) is 8.42 Å². The molecule has 0 aliphatic carbocycles. The zero-order valence-corrected chi connectivity index (χ0v) is 12.7. The van der Waals surface area contributed by atoms with Crippen LogP contribution in [0.25, 0.3) is 0 Å². The van der Waals surface area contributed by atoms with Crippen LogP contribution in [0.4, 0.5) is 0 Å². The molecule has 1 aliphatic heterocycles. The minimum atomic E-state index is -2.85. The summed E-state index contributed by atoms with van der Waals surface area (Å²) < 4.78 is 28.5. The molecule has 0 bridgehead atoms. The molecule has 1 aromatic carbocycles. The fourth-order valence-corrected chi connectivity index (χ4v) is 3.77. The van der Waals surface area contributed by atoms with Gasteiger partial charge in [0.1, 0.15) is 5.75 Å². The maximum Gasteiger partial charge on any atom is 0.151 e. The highest BCUT2D eigenvalue weighted by Crippen LogP contribution is 2.21. The standard InChI is InChI=1S/C14H22N2O3S/c1-19-14-9-12(3-4-13(14)10-15)11-16-5-2-7-20(17,18)8-6-16/h3-4,9H,2,5-8,10-11,15H2,1H3. The number of nitrogens with two attached hydrogens (primary N) is 1. The van der Waals surface area contributed by atoms with Gasteiger partial charge in [-0.2, -0.15) is 0 Å². The summed E-state index contributed by atoms with van der Waals surface area (Å²) in [6.07, 6.45) is 0.709. The van der Waals surface area contributed by atoms with Gasteiger partial charge in [0, 0.05) is 25.2 Å². The van der Waals surface area contributed by atoms with Crippen molar-refractivity contribution in [3.63, 3.8) is 0 Å². The first-order valence-electron chi connectivity index (χ1n) is 6.83. The van der Waals surface area contributed by atoms with Crippen LogP contribution in [0, 0.1) is 0 Å². The zero-order chi connectivity index (χ0) is 14.6. The Bertz CT molecular complexity index is 558. The third kappa shape index (κ3) is 3.94. The first-order valence-corrected chi connectivity index (χ1v) is 8.65. The van der Waals surface area contributed by atoms with Crippen LogP contribution in [0.15, 0.2) is 18.2 Å². The molecule has 1 aliphatic rings. The van der Waals surface area contributed by atoms with Crippen molar-refractivity contribution in [2.24, 2.45) is 5.73 Å². The number of hydrogen-bond acceptors (Lipinski definition) is 5. The zero-order valence-electron chi connectivity index (χ0n) is 11.8. The van der Waals surface area contributed by atoms with Gasteiger partial charge in [-0.3, -0.25) is 4.90 Å². The van der Waals surface area contributed by atoms with Gasteiger partial charge in [-0.1, -0.05) is 12.1 Å². The predicted molar refractivity (Wildman–Crippen MR) is 79.4 cm³/mol. The monoisotopic (exact) mass is 298 g/mol. The second-order valence-electron chi connectivity index (χ2n) is 5.13. The first kappa shape index (κ1) is 15.3. The molecule has 0 atom stereocenters. The van der Waals surface area contributed by atoms with Gasteiger partial charge in [-0.15, -0.1) is 0 Å². The Hall–Kier alpha value is -1.11. The number of sulfone groups is 1. The Morgan fingerprint density at radius 2 is 2.10 bits per heavy atom. The number of nitrogens with zero attached hydrogens (tertiary/aromatic N) is 1. The Balaban J connectivity index is 2.06. The summed E-state index contributed by atoms with van der Waals surface area (Å²) in [6.45, 7) is 2.62.